The topological polar surface area (TPSA) is 17.1 Å². The highest BCUT2D eigenvalue weighted by atomic mass is 16.1. The summed E-state index contributed by atoms with van der Waals surface area (Å²) < 4.78 is 0. The third-order valence-electron chi connectivity index (χ3n) is 3.46. The van der Waals surface area contributed by atoms with Crippen molar-refractivity contribution in [1.29, 1.82) is 0 Å². The zero-order chi connectivity index (χ0) is 11.7. The van der Waals surface area contributed by atoms with Crippen LogP contribution in [0.2, 0.25) is 0 Å². The quantitative estimate of drug-likeness (QED) is 0.723. The predicted molar refractivity (Wildman–Crippen MR) is 68.1 cm³/mol. The lowest BCUT2D eigenvalue weighted by molar-refractivity contribution is -0.120. The van der Waals surface area contributed by atoms with Crippen LogP contribution < -0.4 is 0 Å². The molecule has 1 nitrogen and oxygen atoms in total. The summed E-state index contributed by atoms with van der Waals surface area (Å²) in [5.41, 5.74) is 3.63. The molecule has 0 spiro atoms. The van der Waals surface area contributed by atoms with Crippen LogP contribution in [0.1, 0.15) is 29.0 Å². The van der Waals surface area contributed by atoms with Crippen LogP contribution in [0.25, 0.3) is 0 Å². The third-order valence-corrected chi connectivity index (χ3v) is 3.46. The molecule has 0 heterocycles. The summed E-state index contributed by atoms with van der Waals surface area (Å²) in [4.78, 5) is 12.2. The van der Waals surface area contributed by atoms with Crippen LogP contribution in [-0.2, 0) is 11.2 Å². The number of carbonyl (C=O) groups excluding carboxylic acids is 1. The van der Waals surface area contributed by atoms with Gasteiger partial charge in [-0.1, -0.05) is 54.6 Å². The first-order chi connectivity index (χ1) is 8.36. The summed E-state index contributed by atoms with van der Waals surface area (Å²) >= 11 is 0. The lowest BCUT2D eigenvalue weighted by Crippen LogP contribution is -2.21. The Kier molecular flexibility index (Phi) is 2.52. The standard InChI is InChI=1S/C16H14O/c17-15-11-10-12-6-4-5-9-14(12)16(15)13-7-2-1-3-8-13/h1-9,16H,10-11H2. The zero-order valence-corrected chi connectivity index (χ0v) is 9.60. The van der Waals surface area contributed by atoms with E-state index in [1.807, 2.05) is 36.4 Å². The van der Waals surface area contributed by atoms with E-state index in [1.54, 1.807) is 0 Å². The van der Waals surface area contributed by atoms with Crippen LogP contribution in [0.5, 0.6) is 0 Å². The molecule has 3 rings (SSSR count). The molecule has 0 fully saturated rings. The second-order valence-corrected chi connectivity index (χ2v) is 4.51. The molecular formula is C16H14O. The van der Waals surface area contributed by atoms with Gasteiger partial charge < -0.3 is 0 Å². The first kappa shape index (κ1) is 10.3. The number of aryl methyl sites for hydroxylation is 1. The van der Waals surface area contributed by atoms with Crippen molar-refractivity contribution >= 4 is 5.78 Å². The van der Waals surface area contributed by atoms with Gasteiger partial charge in [-0.15, -0.1) is 0 Å². The Balaban J connectivity index is 2.13. The van der Waals surface area contributed by atoms with Crippen LogP contribution in [0, 0.1) is 0 Å². The minimum Gasteiger partial charge on any atom is -0.299 e. The summed E-state index contributed by atoms with van der Waals surface area (Å²) in [5.74, 6) is 0.288. The molecule has 0 amide bonds. The van der Waals surface area contributed by atoms with Gasteiger partial charge in [-0.05, 0) is 23.1 Å². The summed E-state index contributed by atoms with van der Waals surface area (Å²) in [6, 6.07) is 18.4. The third kappa shape index (κ3) is 1.78. The maximum atomic E-state index is 12.2. The van der Waals surface area contributed by atoms with E-state index in [4.69, 9.17) is 0 Å². The van der Waals surface area contributed by atoms with Crippen molar-refractivity contribution in [2.24, 2.45) is 0 Å². The maximum Gasteiger partial charge on any atom is 0.145 e. The lowest BCUT2D eigenvalue weighted by Gasteiger charge is -2.24. The molecular weight excluding hydrogens is 208 g/mol. The van der Waals surface area contributed by atoms with Gasteiger partial charge in [-0.25, -0.2) is 0 Å². The molecule has 0 N–H and O–H groups in total. The van der Waals surface area contributed by atoms with E-state index in [1.165, 1.54) is 11.1 Å². The van der Waals surface area contributed by atoms with E-state index in [9.17, 15) is 4.79 Å². The number of rotatable bonds is 1. The Morgan fingerprint density at radius 1 is 0.824 bits per heavy atom. The average Bonchev–Trinajstić information content (AvgIpc) is 2.39. The number of benzene rings is 2. The van der Waals surface area contributed by atoms with Crippen LogP contribution in [-0.4, -0.2) is 5.78 Å². The van der Waals surface area contributed by atoms with Gasteiger partial charge in [0, 0.05) is 6.42 Å². The van der Waals surface area contributed by atoms with Crippen LogP contribution in [0.3, 0.4) is 0 Å². The van der Waals surface area contributed by atoms with Crippen molar-refractivity contribution in [2.75, 3.05) is 0 Å². The van der Waals surface area contributed by atoms with Crippen molar-refractivity contribution in [3.05, 3.63) is 71.3 Å². The molecule has 2 aromatic carbocycles. The van der Waals surface area contributed by atoms with Crippen LogP contribution >= 0.6 is 0 Å². The van der Waals surface area contributed by atoms with Crippen LogP contribution in [0.4, 0.5) is 0 Å². The van der Waals surface area contributed by atoms with Gasteiger partial charge in [-0.2, -0.15) is 0 Å². The monoisotopic (exact) mass is 222 g/mol. The van der Waals surface area contributed by atoms with E-state index in [2.05, 4.69) is 18.2 Å². The van der Waals surface area contributed by atoms with Crippen LogP contribution in [0.15, 0.2) is 54.6 Å². The second-order valence-electron chi connectivity index (χ2n) is 4.51. The summed E-state index contributed by atoms with van der Waals surface area (Å²) in [6.07, 6.45) is 1.55. The molecule has 0 saturated carbocycles. The summed E-state index contributed by atoms with van der Waals surface area (Å²) in [5, 5.41) is 0. The highest BCUT2D eigenvalue weighted by molar-refractivity contribution is 5.91. The Morgan fingerprint density at radius 3 is 2.35 bits per heavy atom. The fourth-order valence-corrected chi connectivity index (χ4v) is 2.63. The normalized spacial score (nSPS) is 18.8. The first-order valence-electron chi connectivity index (χ1n) is 6.02. The van der Waals surface area contributed by atoms with E-state index in [0.29, 0.717) is 12.2 Å². The summed E-state index contributed by atoms with van der Waals surface area (Å²) in [7, 11) is 0. The van der Waals surface area contributed by atoms with Crippen molar-refractivity contribution in [3.8, 4) is 0 Å². The van der Waals surface area contributed by atoms with Crippen molar-refractivity contribution < 1.29 is 4.79 Å². The highest BCUT2D eigenvalue weighted by Gasteiger charge is 2.28. The number of hydrogen-bond donors (Lipinski definition) is 0. The zero-order valence-electron chi connectivity index (χ0n) is 9.60. The molecule has 0 radical (unpaired) electrons. The highest BCUT2D eigenvalue weighted by Crippen LogP contribution is 2.33. The van der Waals surface area contributed by atoms with Gasteiger partial charge in [0.1, 0.15) is 5.78 Å². The smallest absolute Gasteiger partial charge is 0.145 e. The molecule has 1 atom stereocenters. The number of ketones is 1. The van der Waals surface area contributed by atoms with Crippen molar-refractivity contribution in [1.82, 2.24) is 0 Å². The minimum absolute atomic E-state index is 0.0545. The molecule has 84 valence electrons. The Bertz CT molecular complexity index is 542. The average molecular weight is 222 g/mol. The van der Waals surface area contributed by atoms with Crippen molar-refractivity contribution in [2.45, 2.75) is 18.8 Å². The molecule has 0 bridgehead atoms. The van der Waals surface area contributed by atoms with E-state index < -0.39 is 0 Å². The predicted octanol–water partition coefficient (Wildman–Crippen LogP) is 3.33. The molecule has 17 heavy (non-hydrogen) atoms. The lowest BCUT2D eigenvalue weighted by atomic mass is 9.78. The molecule has 0 saturated heterocycles. The Morgan fingerprint density at radius 2 is 1.53 bits per heavy atom. The van der Waals surface area contributed by atoms with Gasteiger partial charge in [0.25, 0.3) is 0 Å². The maximum absolute atomic E-state index is 12.2. The Hall–Kier alpha value is -1.89. The summed E-state index contributed by atoms with van der Waals surface area (Å²) in [6.45, 7) is 0. The molecule has 0 aliphatic heterocycles. The second kappa shape index (κ2) is 4.17. The first-order valence-corrected chi connectivity index (χ1v) is 6.02. The fraction of sp³-hybridized carbons (Fsp3) is 0.188. The number of hydrogen-bond acceptors (Lipinski definition) is 1. The molecule has 1 unspecified atom stereocenters. The van der Waals surface area contributed by atoms with Gasteiger partial charge in [0.05, 0.1) is 5.92 Å². The molecule has 1 heteroatoms. The van der Waals surface area contributed by atoms with Crippen molar-refractivity contribution in [3.63, 3.8) is 0 Å². The van der Waals surface area contributed by atoms with E-state index in [-0.39, 0.29) is 5.92 Å². The molecule has 0 aromatic heterocycles. The van der Waals surface area contributed by atoms with Gasteiger partial charge in [0.15, 0.2) is 0 Å². The fourth-order valence-electron chi connectivity index (χ4n) is 2.63. The number of Topliss-reactive ketones (excluding diaryl/α,β-unsaturated/α-hetero) is 1. The minimum atomic E-state index is -0.0545. The molecule has 2 aromatic rings. The van der Waals surface area contributed by atoms with Gasteiger partial charge in [-0.3, -0.25) is 4.79 Å². The van der Waals surface area contributed by atoms with Gasteiger partial charge in [0.2, 0.25) is 0 Å². The Labute approximate surface area is 101 Å². The molecule has 1 aliphatic carbocycles. The van der Waals surface area contributed by atoms with Gasteiger partial charge >= 0.3 is 0 Å². The largest absolute Gasteiger partial charge is 0.299 e. The van der Waals surface area contributed by atoms with E-state index in [0.717, 1.165) is 12.0 Å². The van der Waals surface area contributed by atoms with E-state index >= 15 is 0 Å². The SMILES string of the molecule is O=C1CCc2ccccc2C1c1ccccc1. The number of fused-ring (bicyclic) bond motifs is 1. The number of carbonyl (C=O) groups is 1. The molecule has 1 aliphatic rings.